The number of likely N-dealkylation sites (N-methyl/N-ethyl adjacent to an activating group) is 1. The molecule has 0 bridgehead atoms. The molecule has 0 aromatic heterocycles. The summed E-state index contributed by atoms with van der Waals surface area (Å²) < 4.78 is 13.8. The van der Waals surface area contributed by atoms with Gasteiger partial charge in [0, 0.05) is 19.2 Å². The number of carbonyl (C=O) groups is 2. The van der Waals surface area contributed by atoms with Crippen molar-refractivity contribution in [2.24, 2.45) is 0 Å². The van der Waals surface area contributed by atoms with Gasteiger partial charge in [-0.15, -0.1) is 5.01 Å². The van der Waals surface area contributed by atoms with E-state index in [1.54, 1.807) is 6.07 Å². The summed E-state index contributed by atoms with van der Waals surface area (Å²) in [6.45, 7) is 5.66. The van der Waals surface area contributed by atoms with Crippen LogP contribution in [0.1, 0.15) is 17.3 Å². The highest BCUT2D eigenvalue weighted by atomic mass is 19.1. The topological polar surface area (TPSA) is 60.9 Å². The zero-order valence-electron chi connectivity index (χ0n) is 13.8. The summed E-state index contributed by atoms with van der Waals surface area (Å²) in [7, 11) is 2.04. The van der Waals surface area contributed by atoms with Crippen LogP contribution in [-0.2, 0) is 4.79 Å². The van der Waals surface area contributed by atoms with Crippen molar-refractivity contribution in [3.8, 4) is 0 Å². The van der Waals surface area contributed by atoms with E-state index < -0.39 is 17.6 Å². The molecular weight excluding hydrogens is 313 g/mol. The molecule has 1 aromatic carbocycles. The first-order valence-electron chi connectivity index (χ1n) is 8.01. The smallest absolute Gasteiger partial charge is 0.345 e. The first kappa shape index (κ1) is 16.8. The first-order valence-corrected chi connectivity index (χ1v) is 8.01. The van der Waals surface area contributed by atoms with Gasteiger partial charge in [0.05, 0.1) is 18.7 Å². The fourth-order valence-electron chi connectivity index (χ4n) is 3.52. The molecule has 0 radical (unpaired) electrons. The Balaban J connectivity index is 2.18. The number of quaternary nitrogens is 1. The van der Waals surface area contributed by atoms with Crippen LogP contribution in [-0.4, -0.2) is 66.5 Å². The molecule has 0 saturated carbocycles. The van der Waals surface area contributed by atoms with Gasteiger partial charge in [0.2, 0.25) is 5.78 Å². The van der Waals surface area contributed by atoms with Crippen LogP contribution in [0.3, 0.4) is 0 Å². The first-order chi connectivity index (χ1) is 11.4. The van der Waals surface area contributed by atoms with Gasteiger partial charge >= 0.3 is 5.97 Å². The van der Waals surface area contributed by atoms with E-state index in [1.165, 1.54) is 12.3 Å². The molecule has 7 heteroatoms. The number of ketones is 1. The number of Topliss-reactive ketones (excluding diaryl/α,β-unsaturated/α-hetero) is 1. The Hall–Kier alpha value is -2.09. The van der Waals surface area contributed by atoms with Crippen molar-refractivity contribution in [1.29, 1.82) is 0 Å². The number of benzene rings is 1. The molecule has 0 aliphatic carbocycles. The predicted octanol–water partition coefficient (Wildman–Crippen LogP) is 1.48. The van der Waals surface area contributed by atoms with E-state index in [-0.39, 0.29) is 15.7 Å². The third-order valence-corrected chi connectivity index (χ3v) is 4.90. The summed E-state index contributed by atoms with van der Waals surface area (Å²) in [6.07, 6.45) is 1.51. The van der Waals surface area contributed by atoms with Crippen molar-refractivity contribution in [3.05, 3.63) is 41.4 Å². The SMILES string of the molecule is CC[N+]1(N2CCN(C)CC2)C=C(C(=O)O)C(=O)c2cc(F)ccc21. The van der Waals surface area contributed by atoms with E-state index in [9.17, 15) is 19.1 Å². The third kappa shape index (κ3) is 2.54. The number of halogens is 1. The minimum absolute atomic E-state index is 0.135. The van der Waals surface area contributed by atoms with Crippen molar-refractivity contribution < 1.29 is 19.1 Å². The fourth-order valence-corrected chi connectivity index (χ4v) is 3.52. The van der Waals surface area contributed by atoms with Crippen LogP contribution in [0.2, 0.25) is 0 Å². The molecule has 2 aliphatic heterocycles. The Bertz CT molecular complexity index is 726. The minimum Gasteiger partial charge on any atom is -0.477 e. The van der Waals surface area contributed by atoms with Gasteiger partial charge in [-0.25, -0.2) is 9.18 Å². The van der Waals surface area contributed by atoms with Crippen LogP contribution >= 0.6 is 0 Å². The molecule has 128 valence electrons. The second-order valence-electron chi connectivity index (χ2n) is 6.24. The molecule has 24 heavy (non-hydrogen) atoms. The molecule has 1 aromatic rings. The van der Waals surface area contributed by atoms with Gasteiger partial charge in [-0.2, -0.15) is 4.59 Å². The molecular formula is C17H21FN3O3+. The maximum absolute atomic E-state index is 13.7. The predicted molar refractivity (Wildman–Crippen MR) is 87.9 cm³/mol. The lowest BCUT2D eigenvalue weighted by Gasteiger charge is -2.47. The summed E-state index contributed by atoms with van der Waals surface area (Å²) in [5, 5.41) is 11.6. The molecule has 2 aliphatic rings. The minimum atomic E-state index is -1.28. The lowest BCUT2D eigenvalue weighted by atomic mass is 9.96. The van der Waals surface area contributed by atoms with Crippen LogP contribution in [0.5, 0.6) is 0 Å². The lowest BCUT2D eigenvalue weighted by molar-refractivity contribution is -0.132. The highest BCUT2D eigenvalue weighted by molar-refractivity contribution is 6.26. The summed E-state index contributed by atoms with van der Waals surface area (Å²) in [5.41, 5.74) is 0.475. The van der Waals surface area contributed by atoms with Crippen molar-refractivity contribution in [2.75, 3.05) is 39.8 Å². The number of piperazine rings is 1. The lowest BCUT2D eigenvalue weighted by Crippen LogP contribution is -2.64. The van der Waals surface area contributed by atoms with E-state index in [2.05, 4.69) is 9.91 Å². The second-order valence-corrected chi connectivity index (χ2v) is 6.24. The number of carboxylic acids is 1. The van der Waals surface area contributed by atoms with E-state index in [0.717, 1.165) is 32.2 Å². The molecule has 3 rings (SSSR count). The Morgan fingerprint density at radius 1 is 1.29 bits per heavy atom. The number of fused-ring (bicyclic) bond motifs is 1. The van der Waals surface area contributed by atoms with Crippen molar-refractivity contribution in [1.82, 2.24) is 14.5 Å². The van der Waals surface area contributed by atoms with Crippen LogP contribution in [0.15, 0.2) is 30.0 Å². The van der Waals surface area contributed by atoms with Gasteiger partial charge in [-0.3, -0.25) is 4.79 Å². The second kappa shape index (κ2) is 6.08. The van der Waals surface area contributed by atoms with Crippen molar-refractivity contribution in [3.63, 3.8) is 0 Å². The standard InChI is InChI=1S/C17H20FN3O3/c1-3-21(20-8-6-19(2)7-9-20)11-14(17(23)24)16(22)13-10-12(18)4-5-15(13)21/h4-5,10-11H,3,6-9H2,1-2H3/p+1. The van der Waals surface area contributed by atoms with E-state index in [0.29, 0.717) is 12.2 Å². The van der Waals surface area contributed by atoms with Crippen LogP contribution < -0.4 is 4.59 Å². The number of nitrogens with zero attached hydrogens (tertiary/aromatic N) is 3. The molecule has 6 nitrogen and oxygen atoms in total. The highest BCUT2D eigenvalue weighted by Gasteiger charge is 2.46. The zero-order chi connectivity index (χ0) is 17.5. The summed E-state index contributed by atoms with van der Waals surface area (Å²) in [5.74, 6) is -2.45. The fraction of sp³-hybridized carbons (Fsp3) is 0.412. The summed E-state index contributed by atoms with van der Waals surface area (Å²) in [4.78, 5) is 26.3. The quantitative estimate of drug-likeness (QED) is 0.670. The number of rotatable bonds is 3. The number of carbonyl (C=O) groups excluding carboxylic acids is 1. The molecule has 1 fully saturated rings. The monoisotopic (exact) mass is 334 g/mol. The summed E-state index contributed by atoms with van der Waals surface area (Å²) in [6, 6.07) is 4.07. The number of hydrogen-bond donors (Lipinski definition) is 1. The Labute approximate surface area is 139 Å². The number of carboxylic acid groups (broad SMARTS) is 1. The Morgan fingerprint density at radius 3 is 2.54 bits per heavy atom. The molecule has 2 heterocycles. The molecule has 1 atom stereocenters. The maximum atomic E-state index is 13.7. The van der Waals surface area contributed by atoms with Gasteiger partial charge < -0.3 is 10.0 Å². The number of aliphatic carboxylic acids is 1. The third-order valence-electron chi connectivity index (χ3n) is 4.90. The average molecular weight is 334 g/mol. The van der Waals surface area contributed by atoms with Crippen molar-refractivity contribution in [2.45, 2.75) is 6.92 Å². The van der Waals surface area contributed by atoms with E-state index in [1.807, 2.05) is 14.0 Å². The molecule has 1 unspecified atom stereocenters. The van der Waals surface area contributed by atoms with E-state index in [4.69, 9.17) is 0 Å². The molecule has 0 amide bonds. The summed E-state index contributed by atoms with van der Waals surface area (Å²) >= 11 is 0. The molecule has 1 saturated heterocycles. The average Bonchev–Trinajstić information content (AvgIpc) is 2.56. The van der Waals surface area contributed by atoms with E-state index >= 15 is 0 Å². The molecule has 0 spiro atoms. The van der Waals surface area contributed by atoms with Gasteiger partial charge in [-0.1, -0.05) is 0 Å². The highest BCUT2D eigenvalue weighted by Crippen LogP contribution is 2.37. The van der Waals surface area contributed by atoms with Gasteiger partial charge in [0.25, 0.3) is 0 Å². The Morgan fingerprint density at radius 2 is 1.96 bits per heavy atom. The van der Waals surface area contributed by atoms with Gasteiger partial charge in [0.15, 0.2) is 11.3 Å². The van der Waals surface area contributed by atoms with Crippen LogP contribution in [0.4, 0.5) is 10.1 Å². The van der Waals surface area contributed by atoms with Gasteiger partial charge in [0.1, 0.15) is 18.6 Å². The largest absolute Gasteiger partial charge is 0.477 e. The van der Waals surface area contributed by atoms with Crippen LogP contribution in [0.25, 0.3) is 0 Å². The maximum Gasteiger partial charge on any atom is 0.345 e. The van der Waals surface area contributed by atoms with Crippen LogP contribution in [0, 0.1) is 5.82 Å². The Kier molecular flexibility index (Phi) is 4.25. The normalized spacial score (nSPS) is 25.3. The zero-order valence-corrected chi connectivity index (χ0v) is 13.8. The molecule has 1 N–H and O–H groups in total. The van der Waals surface area contributed by atoms with Gasteiger partial charge in [-0.05, 0) is 26.1 Å². The number of hydrogen-bond acceptors (Lipinski definition) is 4. The van der Waals surface area contributed by atoms with Crippen molar-refractivity contribution >= 4 is 17.4 Å².